The average Bonchev–Trinajstić information content (AvgIpc) is 2.34. The molecule has 0 aromatic rings. The summed E-state index contributed by atoms with van der Waals surface area (Å²) < 4.78 is 0. The first-order chi connectivity index (χ1) is 8.81. The SMILES string of the molecule is CC(C)C[C@@H](C(=O)O)N(CC(O)CO)CC(O)CO. The molecule has 0 fully saturated rings. The van der Waals surface area contributed by atoms with Crippen molar-refractivity contribution >= 4 is 5.97 Å². The van der Waals surface area contributed by atoms with Crippen LogP contribution in [0.2, 0.25) is 0 Å². The Morgan fingerprint density at radius 3 is 1.74 bits per heavy atom. The van der Waals surface area contributed by atoms with Gasteiger partial charge < -0.3 is 25.5 Å². The summed E-state index contributed by atoms with van der Waals surface area (Å²) in [6, 6.07) is -0.873. The lowest BCUT2D eigenvalue weighted by Crippen LogP contribution is -2.49. The number of carboxylic acid groups (broad SMARTS) is 1. The Morgan fingerprint density at radius 2 is 1.47 bits per heavy atom. The van der Waals surface area contributed by atoms with Crippen LogP contribution in [0.1, 0.15) is 20.3 Å². The van der Waals surface area contributed by atoms with Crippen molar-refractivity contribution in [2.24, 2.45) is 5.92 Å². The summed E-state index contributed by atoms with van der Waals surface area (Å²) in [6.07, 6.45) is -1.81. The number of aliphatic hydroxyl groups is 4. The van der Waals surface area contributed by atoms with Crippen molar-refractivity contribution in [1.82, 2.24) is 4.90 Å². The lowest BCUT2D eigenvalue weighted by molar-refractivity contribution is -0.145. The van der Waals surface area contributed by atoms with Crippen LogP contribution in [0, 0.1) is 5.92 Å². The van der Waals surface area contributed by atoms with Gasteiger partial charge in [-0.15, -0.1) is 0 Å². The Labute approximate surface area is 113 Å². The van der Waals surface area contributed by atoms with E-state index in [9.17, 15) is 20.1 Å². The number of carboxylic acids is 1. The summed E-state index contributed by atoms with van der Waals surface area (Å²) in [5.41, 5.74) is 0. The van der Waals surface area contributed by atoms with Crippen LogP contribution in [-0.2, 0) is 4.79 Å². The lowest BCUT2D eigenvalue weighted by atomic mass is 10.0. The van der Waals surface area contributed by atoms with Gasteiger partial charge in [0.25, 0.3) is 0 Å². The number of hydrogen-bond donors (Lipinski definition) is 5. The molecule has 0 saturated heterocycles. The fraction of sp³-hybridized carbons (Fsp3) is 0.917. The highest BCUT2D eigenvalue weighted by atomic mass is 16.4. The molecule has 0 saturated carbocycles. The molecule has 2 unspecified atom stereocenters. The maximum absolute atomic E-state index is 11.3. The monoisotopic (exact) mass is 279 g/mol. The third-order valence-corrected chi connectivity index (χ3v) is 2.73. The summed E-state index contributed by atoms with van der Waals surface area (Å²) >= 11 is 0. The van der Waals surface area contributed by atoms with Crippen LogP contribution in [0.15, 0.2) is 0 Å². The second-order valence-electron chi connectivity index (χ2n) is 5.11. The predicted octanol–water partition coefficient (Wildman–Crippen LogP) is -1.51. The van der Waals surface area contributed by atoms with Gasteiger partial charge in [0, 0.05) is 13.1 Å². The Balaban J connectivity index is 4.86. The zero-order chi connectivity index (χ0) is 15.0. The molecule has 0 spiro atoms. The Kier molecular flexibility index (Phi) is 8.86. The summed E-state index contributed by atoms with van der Waals surface area (Å²) in [4.78, 5) is 12.7. The van der Waals surface area contributed by atoms with Gasteiger partial charge in [-0.3, -0.25) is 9.69 Å². The molecule has 0 amide bonds. The first-order valence-electron chi connectivity index (χ1n) is 6.36. The third-order valence-electron chi connectivity index (χ3n) is 2.73. The van der Waals surface area contributed by atoms with Crippen LogP contribution in [0.5, 0.6) is 0 Å². The van der Waals surface area contributed by atoms with Crippen molar-refractivity contribution in [2.75, 3.05) is 26.3 Å². The van der Waals surface area contributed by atoms with Crippen LogP contribution in [0.3, 0.4) is 0 Å². The summed E-state index contributed by atoms with van der Waals surface area (Å²) in [6.45, 7) is 2.63. The molecule has 7 nitrogen and oxygen atoms in total. The smallest absolute Gasteiger partial charge is 0.320 e. The largest absolute Gasteiger partial charge is 0.480 e. The molecule has 0 aromatic heterocycles. The average molecular weight is 279 g/mol. The van der Waals surface area contributed by atoms with E-state index in [2.05, 4.69) is 0 Å². The first-order valence-corrected chi connectivity index (χ1v) is 6.36. The van der Waals surface area contributed by atoms with E-state index in [0.717, 1.165) is 0 Å². The molecule has 0 rings (SSSR count). The molecule has 0 heterocycles. The maximum Gasteiger partial charge on any atom is 0.320 e. The fourth-order valence-electron chi connectivity index (χ4n) is 1.84. The minimum atomic E-state index is -1.08. The zero-order valence-corrected chi connectivity index (χ0v) is 11.4. The molecule has 0 radical (unpaired) electrons. The van der Waals surface area contributed by atoms with Crippen molar-refractivity contribution in [3.63, 3.8) is 0 Å². The van der Waals surface area contributed by atoms with Crippen LogP contribution in [-0.4, -0.2) is 81.0 Å². The number of rotatable bonds is 10. The first kappa shape index (κ1) is 18.3. The van der Waals surface area contributed by atoms with Gasteiger partial charge in [-0.1, -0.05) is 13.8 Å². The van der Waals surface area contributed by atoms with E-state index in [0.29, 0.717) is 6.42 Å². The van der Waals surface area contributed by atoms with E-state index in [-0.39, 0.29) is 19.0 Å². The summed E-state index contributed by atoms with van der Waals surface area (Å²) in [5, 5.41) is 45.8. The Morgan fingerprint density at radius 1 is 1.05 bits per heavy atom. The zero-order valence-electron chi connectivity index (χ0n) is 11.4. The molecular formula is C12H25NO6. The van der Waals surface area contributed by atoms with E-state index in [1.54, 1.807) is 0 Å². The number of carbonyl (C=O) groups is 1. The van der Waals surface area contributed by atoms with Crippen molar-refractivity contribution in [2.45, 2.75) is 38.5 Å². The van der Waals surface area contributed by atoms with Crippen LogP contribution in [0.25, 0.3) is 0 Å². The molecule has 5 N–H and O–H groups in total. The van der Waals surface area contributed by atoms with Gasteiger partial charge in [0.05, 0.1) is 25.4 Å². The number of aliphatic hydroxyl groups excluding tert-OH is 4. The van der Waals surface area contributed by atoms with Crippen molar-refractivity contribution < 1.29 is 30.3 Å². The molecule has 0 aliphatic carbocycles. The summed E-state index contributed by atoms with van der Waals surface area (Å²) in [5.74, 6) is -0.926. The second-order valence-corrected chi connectivity index (χ2v) is 5.11. The van der Waals surface area contributed by atoms with Gasteiger partial charge in [-0.2, -0.15) is 0 Å². The van der Waals surface area contributed by atoms with Crippen LogP contribution >= 0.6 is 0 Å². The fourth-order valence-corrected chi connectivity index (χ4v) is 1.84. The number of nitrogens with zero attached hydrogens (tertiary/aromatic N) is 1. The van der Waals surface area contributed by atoms with Crippen molar-refractivity contribution in [1.29, 1.82) is 0 Å². The van der Waals surface area contributed by atoms with E-state index < -0.39 is 37.4 Å². The molecule has 0 bridgehead atoms. The van der Waals surface area contributed by atoms with E-state index >= 15 is 0 Å². The third kappa shape index (κ3) is 7.44. The topological polar surface area (TPSA) is 121 Å². The summed E-state index contributed by atoms with van der Waals surface area (Å²) in [7, 11) is 0. The molecule has 0 aliphatic rings. The number of hydrogen-bond acceptors (Lipinski definition) is 6. The standard InChI is InChI=1S/C12H25NO6/c1-8(2)3-11(12(18)19)13(4-9(16)6-14)5-10(17)7-15/h8-11,14-17H,3-7H2,1-2H3,(H,18,19)/t9?,10?,11-/m0/s1. The van der Waals surface area contributed by atoms with Crippen LogP contribution < -0.4 is 0 Å². The Hall–Kier alpha value is -0.730. The van der Waals surface area contributed by atoms with Gasteiger partial charge in [-0.05, 0) is 12.3 Å². The van der Waals surface area contributed by atoms with Crippen molar-refractivity contribution in [3.05, 3.63) is 0 Å². The quantitative estimate of drug-likeness (QED) is 0.330. The van der Waals surface area contributed by atoms with Gasteiger partial charge in [-0.25, -0.2) is 0 Å². The highest BCUT2D eigenvalue weighted by Crippen LogP contribution is 2.13. The Bertz CT molecular complexity index is 249. The van der Waals surface area contributed by atoms with E-state index in [1.165, 1.54) is 4.90 Å². The molecule has 7 heteroatoms. The van der Waals surface area contributed by atoms with Gasteiger partial charge in [0.1, 0.15) is 6.04 Å². The molecule has 3 atom stereocenters. The molecule has 19 heavy (non-hydrogen) atoms. The molecule has 0 aromatic carbocycles. The number of aliphatic carboxylic acids is 1. The second kappa shape index (κ2) is 9.22. The highest BCUT2D eigenvalue weighted by molar-refractivity contribution is 5.73. The maximum atomic E-state index is 11.3. The molecule has 114 valence electrons. The minimum absolute atomic E-state index is 0.0722. The van der Waals surface area contributed by atoms with E-state index in [1.807, 2.05) is 13.8 Å². The van der Waals surface area contributed by atoms with Gasteiger partial charge in [0.15, 0.2) is 0 Å². The van der Waals surface area contributed by atoms with Gasteiger partial charge >= 0.3 is 5.97 Å². The predicted molar refractivity (Wildman–Crippen MR) is 68.6 cm³/mol. The van der Waals surface area contributed by atoms with Gasteiger partial charge in [0.2, 0.25) is 0 Å². The van der Waals surface area contributed by atoms with Crippen LogP contribution in [0.4, 0.5) is 0 Å². The van der Waals surface area contributed by atoms with Crippen molar-refractivity contribution in [3.8, 4) is 0 Å². The lowest BCUT2D eigenvalue weighted by Gasteiger charge is -2.32. The minimum Gasteiger partial charge on any atom is -0.480 e. The normalized spacial score (nSPS) is 16.6. The molecular weight excluding hydrogens is 254 g/mol. The highest BCUT2D eigenvalue weighted by Gasteiger charge is 2.29. The molecule has 0 aliphatic heterocycles. The van der Waals surface area contributed by atoms with E-state index in [4.69, 9.17) is 10.2 Å².